The predicted molar refractivity (Wildman–Crippen MR) is 113 cm³/mol. The first-order valence-corrected chi connectivity index (χ1v) is 10.0. The molecule has 0 fully saturated rings. The first-order valence-electron chi connectivity index (χ1n) is 9.06. The smallest absolute Gasteiger partial charge is 0.344 e. The standard InChI is InChI=1S/C21H18N4O3S/c1-3-29-21-23-22-13(2)25(21)24-19(26)16-9-6-8-14(11-16)17-12-15-7-4-5-10-18(15)28-20(17)27/h4-12H,3H2,1-2H3,(H,24,26). The molecular formula is C21H18N4O3S. The number of aromatic nitrogens is 3. The van der Waals surface area contributed by atoms with Crippen molar-refractivity contribution >= 4 is 28.6 Å². The predicted octanol–water partition coefficient (Wildman–Crippen LogP) is 3.86. The van der Waals surface area contributed by atoms with E-state index in [2.05, 4.69) is 15.6 Å². The number of hydrogen-bond acceptors (Lipinski definition) is 6. The summed E-state index contributed by atoms with van der Waals surface area (Å²) in [6.07, 6.45) is 0. The maximum Gasteiger partial charge on any atom is 0.344 e. The monoisotopic (exact) mass is 406 g/mol. The van der Waals surface area contributed by atoms with E-state index >= 15 is 0 Å². The largest absolute Gasteiger partial charge is 0.422 e. The van der Waals surface area contributed by atoms with Crippen LogP contribution >= 0.6 is 11.8 Å². The van der Waals surface area contributed by atoms with Crippen molar-refractivity contribution in [2.75, 3.05) is 11.2 Å². The number of nitrogens with one attached hydrogen (secondary N) is 1. The van der Waals surface area contributed by atoms with Crippen LogP contribution in [0.5, 0.6) is 0 Å². The van der Waals surface area contributed by atoms with Gasteiger partial charge in [-0.15, -0.1) is 10.2 Å². The number of carbonyl (C=O) groups is 1. The fourth-order valence-electron chi connectivity index (χ4n) is 2.95. The van der Waals surface area contributed by atoms with Crippen LogP contribution in [0.2, 0.25) is 0 Å². The van der Waals surface area contributed by atoms with Crippen LogP contribution in [0.25, 0.3) is 22.1 Å². The van der Waals surface area contributed by atoms with Gasteiger partial charge in [0.1, 0.15) is 11.4 Å². The van der Waals surface area contributed by atoms with Gasteiger partial charge in [0, 0.05) is 10.9 Å². The molecule has 1 N–H and O–H groups in total. The molecule has 4 aromatic rings. The molecule has 8 heteroatoms. The van der Waals surface area contributed by atoms with Crippen molar-refractivity contribution in [1.29, 1.82) is 0 Å². The molecule has 0 aliphatic rings. The summed E-state index contributed by atoms with van der Waals surface area (Å²) in [4.78, 5) is 25.2. The summed E-state index contributed by atoms with van der Waals surface area (Å²) < 4.78 is 6.97. The highest BCUT2D eigenvalue weighted by Gasteiger charge is 2.15. The lowest BCUT2D eigenvalue weighted by Crippen LogP contribution is -2.24. The van der Waals surface area contributed by atoms with Gasteiger partial charge >= 0.3 is 5.63 Å². The molecule has 0 spiro atoms. The lowest BCUT2D eigenvalue weighted by Gasteiger charge is -2.10. The molecule has 2 heterocycles. The molecule has 0 atom stereocenters. The lowest BCUT2D eigenvalue weighted by atomic mass is 10.0. The highest BCUT2D eigenvalue weighted by atomic mass is 32.2. The number of para-hydroxylation sites is 1. The van der Waals surface area contributed by atoms with Gasteiger partial charge in [-0.2, -0.15) is 0 Å². The SMILES string of the molecule is CCSc1nnc(C)n1NC(=O)c1cccc(-c2cc3ccccc3oc2=O)c1. The summed E-state index contributed by atoms with van der Waals surface area (Å²) in [7, 11) is 0. The summed E-state index contributed by atoms with van der Waals surface area (Å²) in [5.74, 6) is 1.07. The van der Waals surface area contributed by atoms with Crippen LogP contribution in [0.3, 0.4) is 0 Å². The average Bonchev–Trinajstić information content (AvgIpc) is 3.07. The first kappa shape index (κ1) is 18.9. The number of thioether (sulfide) groups is 1. The summed E-state index contributed by atoms with van der Waals surface area (Å²) >= 11 is 1.48. The van der Waals surface area contributed by atoms with E-state index in [0.29, 0.717) is 33.3 Å². The van der Waals surface area contributed by atoms with Gasteiger partial charge in [-0.1, -0.05) is 49.0 Å². The van der Waals surface area contributed by atoms with Crippen molar-refractivity contribution in [2.45, 2.75) is 19.0 Å². The van der Waals surface area contributed by atoms with E-state index in [9.17, 15) is 9.59 Å². The number of nitrogens with zero attached hydrogens (tertiary/aromatic N) is 3. The topological polar surface area (TPSA) is 90.0 Å². The molecule has 0 bridgehead atoms. The number of benzene rings is 2. The zero-order valence-corrected chi connectivity index (χ0v) is 16.7. The normalized spacial score (nSPS) is 11.0. The number of hydrogen-bond donors (Lipinski definition) is 1. The van der Waals surface area contributed by atoms with Crippen molar-refractivity contribution in [3.05, 3.63) is 76.4 Å². The fourth-order valence-corrected chi connectivity index (χ4v) is 3.62. The molecule has 29 heavy (non-hydrogen) atoms. The number of fused-ring (bicyclic) bond motifs is 1. The molecule has 2 aromatic heterocycles. The molecule has 146 valence electrons. The van der Waals surface area contributed by atoms with Crippen molar-refractivity contribution in [3.8, 4) is 11.1 Å². The van der Waals surface area contributed by atoms with E-state index in [0.717, 1.165) is 11.1 Å². The molecule has 0 aliphatic heterocycles. The molecule has 0 unspecified atom stereocenters. The van der Waals surface area contributed by atoms with Crippen molar-refractivity contribution < 1.29 is 9.21 Å². The highest BCUT2D eigenvalue weighted by molar-refractivity contribution is 7.99. The Morgan fingerprint density at radius 2 is 1.97 bits per heavy atom. The van der Waals surface area contributed by atoms with Gasteiger partial charge in [-0.3, -0.25) is 10.2 Å². The Labute approximate surface area is 170 Å². The summed E-state index contributed by atoms with van der Waals surface area (Å²) in [5.41, 5.74) is 4.32. The van der Waals surface area contributed by atoms with Gasteiger partial charge in [-0.05, 0) is 42.5 Å². The van der Waals surface area contributed by atoms with Crippen molar-refractivity contribution in [2.24, 2.45) is 0 Å². The van der Waals surface area contributed by atoms with Gasteiger partial charge < -0.3 is 4.42 Å². The Kier molecular flexibility index (Phi) is 5.18. The molecule has 0 saturated heterocycles. The van der Waals surface area contributed by atoms with Gasteiger partial charge in [0.05, 0.1) is 5.56 Å². The Morgan fingerprint density at radius 1 is 1.14 bits per heavy atom. The number of carbonyl (C=O) groups excluding carboxylic acids is 1. The second-order valence-electron chi connectivity index (χ2n) is 6.31. The lowest BCUT2D eigenvalue weighted by molar-refractivity contribution is 0.101. The third-order valence-corrected chi connectivity index (χ3v) is 5.17. The van der Waals surface area contributed by atoms with Crippen LogP contribution in [0.15, 0.2) is 69.0 Å². The zero-order chi connectivity index (χ0) is 20.4. The zero-order valence-electron chi connectivity index (χ0n) is 15.9. The van der Waals surface area contributed by atoms with E-state index in [4.69, 9.17) is 4.42 Å². The molecule has 0 aliphatic carbocycles. The van der Waals surface area contributed by atoms with E-state index in [-0.39, 0.29) is 5.91 Å². The third-order valence-electron chi connectivity index (χ3n) is 4.36. The Morgan fingerprint density at radius 3 is 2.79 bits per heavy atom. The van der Waals surface area contributed by atoms with Gasteiger partial charge in [0.15, 0.2) is 0 Å². The summed E-state index contributed by atoms with van der Waals surface area (Å²) in [6.45, 7) is 3.77. The Balaban J connectivity index is 1.68. The van der Waals surface area contributed by atoms with Crippen LogP contribution in [0, 0.1) is 6.92 Å². The molecule has 0 saturated carbocycles. The van der Waals surface area contributed by atoms with Crippen LogP contribution in [0.1, 0.15) is 23.1 Å². The van der Waals surface area contributed by atoms with Crippen LogP contribution in [0.4, 0.5) is 0 Å². The first-order chi connectivity index (χ1) is 14.1. The van der Waals surface area contributed by atoms with Crippen LogP contribution in [-0.4, -0.2) is 26.5 Å². The van der Waals surface area contributed by atoms with Gasteiger partial charge in [-0.25, -0.2) is 9.47 Å². The molecule has 7 nitrogen and oxygen atoms in total. The van der Waals surface area contributed by atoms with Crippen LogP contribution in [-0.2, 0) is 0 Å². The molecule has 0 radical (unpaired) electrons. The van der Waals surface area contributed by atoms with Gasteiger partial charge in [0.25, 0.3) is 5.91 Å². The minimum Gasteiger partial charge on any atom is -0.422 e. The minimum absolute atomic E-state index is 0.321. The minimum atomic E-state index is -0.447. The maximum atomic E-state index is 12.8. The molecule has 4 rings (SSSR count). The van der Waals surface area contributed by atoms with Crippen molar-refractivity contribution in [3.63, 3.8) is 0 Å². The molecule has 2 aromatic carbocycles. The second kappa shape index (κ2) is 7.92. The number of aryl methyl sites for hydroxylation is 1. The quantitative estimate of drug-likeness (QED) is 0.400. The molecule has 1 amide bonds. The number of amides is 1. The van der Waals surface area contributed by atoms with Crippen molar-refractivity contribution in [1.82, 2.24) is 14.9 Å². The van der Waals surface area contributed by atoms with E-state index in [1.54, 1.807) is 48.0 Å². The summed E-state index contributed by atoms with van der Waals surface area (Å²) in [6, 6.07) is 16.0. The maximum absolute atomic E-state index is 12.8. The van der Waals surface area contributed by atoms with E-state index in [1.165, 1.54) is 11.8 Å². The third kappa shape index (κ3) is 3.79. The second-order valence-corrected chi connectivity index (χ2v) is 7.54. The van der Waals surface area contributed by atoms with E-state index in [1.807, 2.05) is 25.1 Å². The molecular weight excluding hydrogens is 388 g/mol. The average molecular weight is 406 g/mol. The van der Waals surface area contributed by atoms with Crippen LogP contribution < -0.4 is 11.1 Å². The fraction of sp³-hybridized carbons (Fsp3) is 0.143. The number of rotatable bonds is 5. The highest BCUT2D eigenvalue weighted by Crippen LogP contribution is 2.22. The van der Waals surface area contributed by atoms with Gasteiger partial charge in [0.2, 0.25) is 5.16 Å². The van der Waals surface area contributed by atoms with E-state index < -0.39 is 5.63 Å². The Bertz CT molecular complexity index is 1260. The summed E-state index contributed by atoms with van der Waals surface area (Å²) in [5, 5.41) is 9.51. The Hall–Kier alpha value is -3.39.